The molecular formula is C23H16N4O. The third-order valence-electron chi connectivity index (χ3n) is 4.67. The number of rotatable bonds is 4. The van der Waals surface area contributed by atoms with Crippen LogP contribution in [0, 0.1) is 11.3 Å². The Balaban J connectivity index is 1.93. The van der Waals surface area contributed by atoms with Crippen LogP contribution in [0.15, 0.2) is 85.3 Å². The van der Waals surface area contributed by atoms with Crippen LogP contribution in [0.25, 0.3) is 11.1 Å². The molecule has 0 aliphatic carbocycles. The van der Waals surface area contributed by atoms with Gasteiger partial charge in [0.05, 0.1) is 24.0 Å². The normalized spacial score (nSPS) is 16.0. The van der Waals surface area contributed by atoms with Gasteiger partial charge in [-0.2, -0.15) is 15.5 Å². The fourth-order valence-electron chi connectivity index (χ4n) is 3.33. The van der Waals surface area contributed by atoms with Gasteiger partial charge in [0.2, 0.25) is 0 Å². The van der Waals surface area contributed by atoms with Gasteiger partial charge in [0.15, 0.2) is 0 Å². The highest BCUT2D eigenvalue weighted by Gasteiger charge is 2.28. The second kappa shape index (κ2) is 7.68. The predicted molar refractivity (Wildman–Crippen MR) is 108 cm³/mol. The van der Waals surface area contributed by atoms with Gasteiger partial charge >= 0.3 is 0 Å². The molecule has 134 valence electrons. The van der Waals surface area contributed by atoms with E-state index in [9.17, 15) is 10.1 Å². The summed E-state index contributed by atoms with van der Waals surface area (Å²) in [6.45, 7) is 0. The van der Waals surface area contributed by atoms with Crippen molar-refractivity contribution in [2.45, 2.75) is 6.04 Å². The van der Waals surface area contributed by atoms with Crippen molar-refractivity contribution in [3.63, 3.8) is 0 Å². The first-order valence-corrected chi connectivity index (χ1v) is 8.80. The van der Waals surface area contributed by atoms with Crippen molar-refractivity contribution >= 4 is 23.1 Å². The minimum Gasteiger partial charge on any atom is -0.333 e. The van der Waals surface area contributed by atoms with Crippen LogP contribution in [0.2, 0.25) is 0 Å². The Bertz CT molecular complexity index is 1100. The number of carbonyl (C=O) groups excluding carboxylic acids is 1. The van der Waals surface area contributed by atoms with Crippen LogP contribution in [0.3, 0.4) is 0 Å². The highest BCUT2D eigenvalue weighted by Crippen LogP contribution is 2.35. The smallest absolute Gasteiger partial charge is 0.147 e. The molecule has 0 amide bonds. The molecule has 28 heavy (non-hydrogen) atoms. The lowest BCUT2D eigenvalue weighted by Gasteiger charge is -2.33. The highest BCUT2D eigenvalue weighted by molar-refractivity contribution is 5.99. The Morgan fingerprint density at radius 3 is 2.50 bits per heavy atom. The molecular weight excluding hydrogens is 348 g/mol. The highest BCUT2D eigenvalue weighted by atomic mass is 16.1. The topological polar surface area (TPSA) is 69.9 Å². The first-order valence-electron chi connectivity index (χ1n) is 8.80. The van der Waals surface area contributed by atoms with Crippen LogP contribution in [0.5, 0.6) is 0 Å². The fourth-order valence-corrected chi connectivity index (χ4v) is 3.33. The van der Waals surface area contributed by atoms with E-state index in [1.54, 1.807) is 18.5 Å². The Morgan fingerprint density at radius 1 is 1.00 bits per heavy atom. The molecule has 0 saturated heterocycles. The second-order valence-electron chi connectivity index (χ2n) is 6.30. The van der Waals surface area contributed by atoms with Gasteiger partial charge in [0.25, 0.3) is 0 Å². The summed E-state index contributed by atoms with van der Waals surface area (Å²) in [6, 6.07) is 20.6. The Morgan fingerprint density at radius 2 is 1.79 bits per heavy atom. The van der Waals surface area contributed by atoms with E-state index in [1.165, 1.54) is 0 Å². The van der Waals surface area contributed by atoms with Crippen molar-refractivity contribution < 1.29 is 4.79 Å². The third-order valence-corrected chi connectivity index (χ3v) is 4.67. The van der Waals surface area contributed by atoms with Crippen LogP contribution < -0.4 is 4.90 Å². The molecule has 0 saturated carbocycles. The first-order chi connectivity index (χ1) is 13.8. The lowest BCUT2D eigenvalue weighted by Crippen LogP contribution is -2.35. The van der Waals surface area contributed by atoms with Crippen LogP contribution in [-0.4, -0.2) is 22.5 Å². The molecule has 1 aliphatic heterocycles. The number of aromatic nitrogens is 2. The lowest BCUT2D eigenvalue weighted by atomic mass is 9.89. The minimum absolute atomic E-state index is 0.530. The average Bonchev–Trinajstić information content (AvgIpc) is 2.79. The molecule has 0 fully saturated rings. The van der Waals surface area contributed by atoms with E-state index in [0.717, 1.165) is 34.2 Å². The number of carbonyl (C=O) groups is 1. The summed E-state index contributed by atoms with van der Waals surface area (Å²) in [7, 11) is 0. The SMILES string of the molecule is N#Cc1ccccc1C1=CC(c2ccnnc2)=CN(c2ccccc2)C1C=O. The summed E-state index contributed by atoms with van der Waals surface area (Å²) >= 11 is 0. The molecule has 0 radical (unpaired) electrons. The Labute approximate surface area is 162 Å². The van der Waals surface area contributed by atoms with Gasteiger partial charge in [-0.25, -0.2) is 0 Å². The van der Waals surface area contributed by atoms with Crippen LogP contribution in [0.1, 0.15) is 16.7 Å². The summed E-state index contributed by atoms with van der Waals surface area (Å²) in [4.78, 5) is 14.1. The number of hydrogen-bond donors (Lipinski definition) is 0. The van der Waals surface area contributed by atoms with E-state index in [0.29, 0.717) is 5.56 Å². The maximum Gasteiger partial charge on any atom is 0.147 e. The number of benzene rings is 2. The molecule has 1 unspecified atom stereocenters. The molecule has 5 heteroatoms. The predicted octanol–water partition coefficient (Wildman–Crippen LogP) is 3.86. The zero-order valence-electron chi connectivity index (χ0n) is 14.9. The molecule has 0 spiro atoms. The molecule has 4 rings (SSSR count). The van der Waals surface area contributed by atoms with Gasteiger partial charge in [0.1, 0.15) is 12.3 Å². The summed E-state index contributed by atoms with van der Waals surface area (Å²) in [6.07, 6.45) is 8.10. The summed E-state index contributed by atoms with van der Waals surface area (Å²) < 4.78 is 0. The molecule has 1 atom stereocenters. The van der Waals surface area contributed by atoms with E-state index >= 15 is 0 Å². The van der Waals surface area contributed by atoms with Gasteiger partial charge < -0.3 is 9.69 Å². The number of anilines is 1. The Hall–Kier alpha value is -4.04. The fraction of sp³-hybridized carbons (Fsp3) is 0.0435. The number of allylic oxidation sites excluding steroid dienone is 2. The molecule has 5 nitrogen and oxygen atoms in total. The van der Waals surface area contributed by atoms with Gasteiger partial charge in [-0.05, 0) is 47.1 Å². The molecule has 0 bridgehead atoms. The van der Waals surface area contributed by atoms with Gasteiger partial charge in [-0.3, -0.25) is 0 Å². The maximum absolute atomic E-state index is 12.2. The van der Waals surface area contributed by atoms with E-state index in [-0.39, 0.29) is 0 Å². The largest absolute Gasteiger partial charge is 0.333 e. The number of para-hydroxylation sites is 1. The number of aldehydes is 1. The van der Waals surface area contributed by atoms with E-state index < -0.39 is 6.04 Å². The molecule has 2 heterocycles. The van der Waals surface area contributed by atoms with Gasteiger partial charge in [0, 0.05) is 17.5 Å². The average molecular weight is 364 g/mol. The minimum atomic E-state index is -0.546. The summed E-state index contributed by atoms with van der Waals surface area (Å²) in [5, 5.41) is 17.4. The van der Waals surface area contributed by atoms with Crippen molar-refractivity contribution in [3.05, 3.63) is 102 Å². The van der Waals surface area contributed by atoms with Crippen molar-refractivity contribution in [1.29, 1.82) is 5.26 Å². The van der Waals surface area contributed by atoms with Gasteiger partial charge in [-0.15, -0.1) is 0 Å². The molecule has 1 aromatic heterocycles. The number of hydrogen-bond acceptors (Lipinski definition) is 5. The van der Waals surface area contributed by atoms with E-state index in [4.69, 9.17) is 0 Å². The van der Waals surface area contributed by atoms with E-state index in [2.05, 4.69) is 16.3 Å². The zero-order chi connectivity index (χ0) is 19.3. The van der Waals surface area contributed by atoms with Crippen LogP contribution in [0.4, 0.5) is 5.69 Å². The molecule has 1 aliphatic rings. The lowest BCUT2D eigenvalue weighted by molar-refractivity contribution is -0.107. The van der Waals surface area contributed by atoms with Crippen molar-refractivity contribution in [2.24, 2.45) is 0 Å². The Kier molecular flexibility index (Phi) is 4.77. The van der Waals surface area contributed by atoms with Crippen molar-refractivity contribution in [3.8, 4) is 6.07 Å². The standard InChI is InChI=1S/C23H16N4O/c24-13-17-6-4-5-9-21(17)22-12-19(18-10-11-25-26-14-18)15-27(23(22)16-28)20-7-2-1-3-8-20/h1-12,14-16,23H. The van der Waals surface area contributed by atoms with Gasteiger partial charge in [-0.1, -0.05) is 36.4 Å². The van der Waals surface area contributed by atoms with E-state index in [1.807, 2.05) is 71.8 Å². The number of nitrogens with zero attached hydrogens (tertiary/aromatic N) is 4. The first kappa shape index (κ1) is 17.4. The monoisotopic (exact) mass is 364 g/mol. The third kappa shape index (κ3) is 3.19. The van der Waals surface area contributed by atoms with Crippen LogP contribution >= 0.6 is 0 Å². The zero-order valence-corrected chi connectivity index (χ0v) is 14.9. The quantitative estimate of drug-likeness (QED) is 0.658. The second-order valence-corrected chi connectivity index (χ2v) is 6.30. The molecule has 2 aromatic carbocycles. The molecule has 0 N–H and O–H groups in total. The maximum atomic E-state index is 12.2. The number of nitriles is 1. The molecule has 3 aromatic rings. The van der Waals surface area contributed by atoms with Crippen LogP contribution in [-0.2, 0) is 4.79 Å². The van der Waals surface area contributed by atoms with Crippen molar-refractivity contribution in [1.82, 2.24) is 10.2 Å². The van der Waals surface area contributed by atoms with Crippen molar-refractivity contribution in [2.75, 3.05) is 4.90 Å². The summed E-state index contributed by atoms with van der Waals surface area (Å²) in [5.41, 5.74) is 4.70. The summed E-state index contributed by atoms with van der Waals surface area (Å²) in [5.74, 6) is 0.